The molecule has 2 fully saturated rings. The zero-order valence-electron chi connectivity index (χ0n) is 10.2. The Balaban J connectivity index is 1.73. The lowest BCUT2D eigenvalue weighted by Gasteiger charge is -2.33. The van der Waals surface area contributed by atoms with Gasteiger partial charge in [-0.3, -0.25) is 9.69 Å². The van der Waals surface area contributed by atoms with Crippen LogP contribution in [0.15, 0.2) is 0 Å². The average molecular weight is 225 g/mol. The van der Waals surface area contributed by atoms with Crippen LogP contribution in [0, 0.1) is 5.92 Å². The second-order valence-corrected chi connectivity index (χ2v) is 5.09. The number of rotatable bonds is 2. The van der Waals surface area contributed by atoms with Gasteiger partial charge in [0.1, 0.15) is 0 Å². The summed E-state index contributed by atoms with van der Waals surface area (Å²) < 4.78 is 0. The number of likely N-dealkylation sites (tertiary alicyclic amines) is 1. The SMILES string of the molecule is CC1CCN(CC(=O)N2CCNCC2)CC1. The first kappa shape index (κ1) is 11.9. The fourth-order valence-electron chi connectivity index (χ4n) is 2.43. The van der Waals surface area contributed by atoms with Gasteiger partial charge in [-0.15, -0.1) is 0 Å². The van der Waals surface area contributed by atoms with Crippen LogP contribution in [0.2, 0.25) is 0 Å². The molecule has 0 unspecified atom stereocenters. The Bertz CT molecular complexity index is 230. The summed E-state index contributed by atoms with van der Waals surface area (Å²) in [5, 5.41) is 3.27. The molecule has 0 bridgehead atoms. The van der Waals surface area contributed by atoms with Gasteiger partial charge in [0.25, 0.3) is 0 Å². The summed E-state index contributed by atoms with van der Waals surface area (Å²) in [4.78, 5) is 16.3. The van der Waals surface area contributed by atoms with E-state index in [1.165, 1.54) is 12.8 Å². The van der Waals surface area contributed by atoms with Gasteiger partial charge in [-0.05, 0) is 31.8 Å². The fourth-order valence-corrected chi connectivity index (χ4v) is 2.43. The van der Waals surface area contributed by atoms with Gasteiger partial charge in [0.2, 0.25) is 5.91 Å². The molecule has 0 aromatic rings. The first-order valence-electron chi connectivity index (χ1n) is 6.46. The number of piperazine rings is 1. The van der Waals surface area contributed by atoms with Crippen LogP contribution in [-0.2, 0) is 4.79 Å². The summed E-state index contributed by atoms with van der Waals surface area (Å²) in [5.41, 5.74) is 0. The van der Waals surface area contributed by atoms with Gasteiger partial charge < -0.3 is 10.2 Å². The molecule has 2 saturated heterocycles. The van der Waals surface area contributed by atoms with E-state index in [1.807, 2.05) is 4.90 Å². The standard InChI is InChI=1S/C12H23N3O/c1-11-2-6-14(7-3-11)10-12(16)15-8-4-13-5-9-15/h11,13H,2-10H2,1H3. The molecule has 0 atom stereocenters. The van der Waals surface area contributed by atoms with Gasteiger partial charge in [-0.1, -0.05) is 6.92 Å². The van der Waals surface area contributed by atoms with Crippen molar-refractivity contribution in [3.8, 4) is 0 Å². The van der Waals surface area contributed by atoms with Crippen molar-refractivity contribution in [2.75, 3.05) is 45.8 Å². The predicted octanol–water partition coefficient (Wildman–Crippen LogP) is 0.150. The summed E-state index contributed by atoms with van der Waals surface area (Å²) in [5.74, 6) is 1.15. The summed E-state index contributed by atoms with van der Waals surface area (Å²) in [6.45, 7) is 8.78. The van der Waals surface area contributed by atoms with Crippen molar-refractivity contribution in [2.24, 2.45) is 5.92 Å². The van der Waals surface area contributed by atoms with Crippen molar-refractivity contribution in [1.29, 1.82) is 0 Å². The number of piperidine rings is 1. The van der Waals surface area contributed by atoms with Crippen molar-refractivity contribution in [1.82, 2.24) is 15.1 Å². The van der Waals surface area contributed by atoms with Crippen LogP contribution in [0.3, 0.4) is 0 Å². The Morgan fingerprint density at radius 1 is 1.19 bits per heavy atom. The van der Waals surface area contributed by atoms with Gasteiger partial charge in [0.15, 0.2) is 0 Å². The van der Waals surface area contributed by atoms with Crippen molar-refractivity contribution < 1.29 is 4.79 Å². The Morgan fingerprint density at radius 3 is 2.44 bits per heavy atom. The zero-order chi connectivity index (χ0) is 11.4. The van der Waals surface area contributed by atoms with Crippen LogP contribution in [0.1, 0.15) is 19.8 Å². The lowest BCUT2D eigenvalue weighted by atomic mass is 9.99. The van der Waals surface area contributed by atoms with Gasteiger partial charge in [0, 0.05) is 26.2 Å². The maximum absolute atomic E-state index is 12.0. The molecular formula is C12H23N3O. The monoisotopic (exact) mass is 225 g/mol. The molecule has 0 aromatic heterocycles. The third-order valence-corrected chi connectivity index (χ3v) is 3.70. The Hall–Kier alpha value is -0.610. The molecule has 0 saturated carbocycles. The Labute approximate surface area is 98.0 Å². The second-order valence-electron chi connectivity index (χ2n) is 5.09. The number of nitrogens with one attached hydrogen (secondary N) is 1. The van der Waals surface area contributed by atoms with E-state index in [4.69, 9.17) is 0 Å². The maximum Gasteiger partial charge on any atom is 0.236 e. The molecule has 4 heteroatoms. The van der Waals surface area contributed by atoms with E-state index in [-0.39, 0.29) is 0 Å². The second kappa shape index (κ2) is 5.64. The minimum atomic E-state index is 0.316. The lowest BCUT2D eigenvalue weighted by Crippen LogP contribution is -2.50. The molecular weight excluding hydrogens is 202 g/mol. The first-order valence-corrected chi connectivity index (χ1v) is 6.46. The quantitative estimate of drug-likeness (QED) is 0.726. The Kier molecular flexibility index (Phi) is 4.18. The highest BCUT2D eigenvalue weighted by Crippen LogP contribution is 2.15. The number of amides is 1. The van der Waals surface area contributed by atoms with Gasteiger partial charge in [-0.25, -0.2) is 0 Å². The zero-order valence-corrected chi connectivity index (χ0v) is 10.2. The van der Waals surface area contributed by atoms with E-state index < -0.39 is 0 Å². The highest BCUT2D eigenvalue weighted by atomic mass is 16.2. The number of carbonyl (C=O) groups is 1. The minimum Gasteiger partial charge on any atom is -0.339 e. The number of hydrogen-bond donors (Lipinski definition) is 1. The molecule has 4 nitrogen and oxygen atoms in total. The normalized spacial score (nSPS) is 24.7. The van der Waals surface area contributed by atoms with Crippen molar-refractivity contribution in [2.45, 2.75) is 19.8 Å². The van der Waals surface area contributed by atoms with Crippen LogP contribution in [0.5, 0.6) is 0 Å². The maximum atomic E-state index is 12.0. The van der Waals surface area contributed by atoms with Crippen LogP contribution in [-0.4, -0.2) is 61.5 Å². The topological polar surface area (TPSA) is 35.6 Å². The van der Waals surface area contributed by atoms with E-state index in [0.29, 0.717) is 12.5 Å². The van der Waals surface area contributed by atoms with Gasteiger partial charge >= 0.3 is 0 Å². The molecule has 0 spiro atoms. The van der Waals surface area contributed by atoms with E-state index in [2.05, 4.69) is 17.1 Å². The molecule has 2 aliphatic heterocycles. The molecule has 1 N–H and O–H groups in total. The van der Waals surface area contributed by atoms with Crippen molar-refractivity contribution >= 4 is 5.91 Å². The summed E-state index contributed by atoms with van der Waals surface area (Å²) >= 11 is 0. The highest BCUT2D eigenvalue weighted by Gasteiger charge is 2.21. The molecule has 2 rings (SSSR count). The average Bonchev–Trinajstić information content (AvgIpc) is 2.33. The summed E-state index contributed by atoms with van der Waals surface area (Å²) in [7, 11) is 0. The third kappa shape index (κ3) is 3.19. The van der Waals surface area contributed by atoms with Crippen LogP contribution in [0.4, 0.5) is 0 Å². The fraction of sp³-hybridized carbons (Fsp3) is 0.917. The van der Waals surface area contributed by atoms with Gasteiger partial charge in [0.05, 0.1) is 6.54 Å². The molecule has 0 aromatic carbocycles. The molecule has 0 radical (unpaired) electrons. The largest absolute Gasteiger partial charge is 0.339 e. The van der Waals surface area contributed by atoms with Crippen LogP contribution >= 0.6 is 0 Å². The third-order valence-electron chi connectivity index (χ3n) is 3.70. The predicted molar refractivity (Wildman–Crippen MR) is 64.3 cm³/mol. The molecule has 2 heterocycles. The van der Waals surface area contributed by atoms with Crippen LogP contribution < -0.4 is 5.32 Å². The van der Waals surface area contributed by atoms with Crippen molar-refractivity contribution in [3.05, 3.63) is 0 Å². The minimum absolute atomic E-state index is 0.316. The number of hydrogen-bond acceptors (Lipinski definition) is 3. The number of carbonyl (C=O) groups excluding carboxylic acids is 1. The summed E-state index contributed by atoms with van der Waals surface area (Å²) in [6, 6.07) is 0. The van der Waals surface area contributed by atoms with E-state index in [9.17, 15) is 4.79 Å². The van der Waals surface area contributed by atoms with E-state index >= 15 is 0 Å². The Morgan fingerprint density at radius 2 is 1.81 bits per heavy atom. The molecule has 0 aliphatic carbocycles. The van der Waals surface area contributed by atoms with E-state index in [0.717, 1.165) is 45.2 Å². The molecule has 92 valence electrons. The molecule has 2 aliphatic rings. The van der Waals surface area contributed by atoms with Gasteiger partial charge in [-0.2, -0.15) is 0 Å². The van der Waals surface area contributed by atoms with Crippen molar-refractivity contribution in [3.63, 3.8) is 0 Å². The smallest absolute Gasteiger partial charge is 0.236 e. The first-order chi connectivity index (χ1) is 7.75. The summed E-state index contributed by atoms with van der Waals surface area (Å²) in [6.07, 6.45) is 2.49. The van der Waals surface area contributed by atoms with Crippen LogP contribution in [0.25, 0.3) is 0 Å². The van der Waals surface area contributed by atoms with E-state index in [1.54, 1.807) is 0 Å². The molecule has 1 amide bonds. The highest BCUT2D eigenvalue weighted by molar-refractivity contribution is 5.78. The molecule has 16 heavy (non-hydrogen) atoms. The lowest BCUT2D eigenvalue weighted by molar-refractivity contribution is -0.133. The number of nitrogens with zero attached hydrogens (tertiary/aromatic N) is 2.